The fourth-order valence-electron chi connectivity index (χ4n) is 2.88. The normalized spacial score (nSPS) is 19.8. The number of rotatable bonds is 3. The van der Waals surface area contributed by atoms with Crippen molar-refractivity contribution in [1.82, 2.24) is 4.90 Å². The zero-order valence-corrected chi connectivity index (χ0v) is 11.7. The molecule has 0 saturated carbocycles. The second kappa shape index (κ2) is 5.22. The average Bonchev–Trinajstić information content (AvgIpc) is 2.27. The molecule has 0 fully saturated rings. The van der Waals surface area contributed by atoms with Crippen LogP contribution in [0.2, 0.25) is 0 Å². The van der Waals surface area contributed by atoms with Gasteiger partial charge in [0.25, 0.3) is 0 Å². The van der Waals surface area contributed by atoms with E-state index in [1.165, 1.54) is 31.4 Å². The molecule has 1 unspecified atom stereocenters. The largest absolute Gasteiger partial charge is 0.309 e. The minimum Gasteiger partial charge on any atom is -0.309 e. The predicted octanol–water partition coefficient (Wildman–Crippen LogP) is 3.48. The summed E-state index contributed by atoms with van der Waals surface area (Å²) < 4.78 is 0. The van der Waals surface area contributed by atoms with Crippen molar-refractivity contribution in [2.45, 2.75) is 39.0 Å². The van der Waals surface area contributed by atoms with Crippen LogP contribution in [0.3, 0.4) is 0 Å². The number of benzene rings is 1. The summed E-state index contributed by atoms with van der Waals surface area (Å²) in [6.45, 7) is 5.78. The maximum Gasteiger partial charge on any atom is 0.000685 e. The third-order valence-electron chi connectivity index (χ3n) is 3.85. The first-order valence-corrected chi connectivity index (χ1v) is 6.82. The molecule has 0 heterocycles. The van der Waals surface area contributed by atoms with Gasteiger partial charge in [-0.15, -0.1) is 0 Å². The van der Waals surface area contributed by atoms with Gasteiger partial charge < -0.3 is 4.90 Å². The molecule has 1 aromatic carbocycles. The molecule has 1 nitrogen and oxygen atoms in total. The summed E-state index contributed by atoms with van der Waals surface area (Å²) in [5, 5.41) is 0. The summed E-state index contributed by atoms with van der Waals surface area (Å²) in [5.74, 6) is 1.50. The fourth-order valence-corrected chi connectivity index (χ4v) is 2.88. The molecule has 1 aliphatic rings. The smallest absolute Gasteiger partial charge is 0.000685 e. The molecule has 1 aromatic rings. The summed E-state index contributed by atoms with van der Waals surface area (Å²) >= 11 is 0. The van der Waals surface area contributed by atoms with Crippen molar-refractivity contribution in [2.24, 2.45) is 5.92 Å². The van der Waals surface area contributed by atoms with Crippen LogP contribution in [0.1, 0.15) is 42.9 Å². The Morgan fingerprint density at radius 1 is 1.24 bits per heavy atom. The minimum absolute atomic E-state index is 0.653. The third kappa shape index (κ3) is 3.10. The molecule has 0 aromatic heterocycles. The molecule has 0 spiro atoms. The van der Waals surface area contributed by atoms with Gasteiger partial charge in [0.1, 0.15) is 0 Å². The molecule has 0 bridgehead atoms. The van der Waals surface area contributed by atoms with Gasteiger partial charge in [0.2, 0.25) is 0 Å². The SMILES string of the molecule is CC(C)c1ccc2c(c1)CCC(CN(C)C)C2. The van der Waals surface area contributed by atoms with E-state index in [-0.39, 0.29) is 0 Å². The Labute approximate surface area is 106 Å². The topological polar surface area (TPSA) is 3.24 Å². The zero-order chi connectivity index (χ0) is 12.4. The molecule has 94 valence electrons. The van der Waals surface area contributed by atoms with Crippen LogP contribution in [0.25, 0.3) is 0 Å². The van der Waals surface area contributed by atoms with E-state index in [4.69, 9.17) is 0 Å². The van der Waals surface area contributed by atoms with Crippen molar-refractivity contribution in [3.8, 4) is 0 Å². The van der Waals surface area contributed by atoms with Crippen LogP contribution in [-0.2, 0) is 12.8 Å². The summed E-state index contributed by atoms with van der Waals surface area (Å²) in [5.41, 5.74) is 4.69. The molecule has 0 saturated heterocycles. The lowest BCUT2D eigenvalue weighted by Gasteiger charge is -2.27. The lowest BCUT2D eigenvalue weighted by atomic mass is 9.82. The monoisotopic (exact) mass is 231 g/mol. The second-order valence-electron chi connectivity index (χ2n) is 6.05. The van der Waals surface area contributed by atoms with Gasteiger partial charge in [0.05, 0.1) is 0 Å². The van der Waals surface area contributed by atoms with Crippen LogP contribution < -0.4 is 0 Å². The molecular weight excluding hydrogens is 206 g/mol. The van der Waals surface area contributed by atoms with Gasteiger partial charge in [-0.05, 0) is 61.9 Å². The molecule has 0 amide bonds. The van der Waals surface area contributed by atoms with Crippen LogP contribution in [0.15, 0.2) is 18.2 Å². The Kier molecular flexibility index (Phi) is 3.88. The lowest BCUT2D eigenvalue weighted by molar-refractivity contribution is 0.302. The number of aryl methyl sites for hydroxylation is 1. The van der Waals surface area contributed by atoms with Crippen molar-refractivity contribution in [3.05, 3.63) is 34.9 Å². The van der Waals surface area contributed by atoms with Crippen molar-refractivity contribution in [1.29, 1.82) is 0 Å². The van der Waals surface area contributed by atoms with Crippen LogP contribution in [0.5, 0.6) is 0 Å². The molecule has 0 N–H and O–H groups in total. The van der Waals surface area contributed by atoms with Gasteiger partial charge in [-0.25, -0.2) is 0 Å². The highest BCUT2D eigenvalue weighted by Gasteiger charge is 2.19. The molecule has 17 heavy (non-hydrogen) atoms. The summed E-state index contributed by atoms with van der Waals surface area (Å²) in [6.07, 6.45) is 3.90. The Morgan fingerprint density at radius 3 is 2.65 bits per heavy atom. The van der Waals surface area contributed by atoms with Gasteiger partial charge in [0, 0.05) is 6.54 Å². The fraction of sp³-hybridized carbons (Fsp3) is 0.625. The van der Waals surface area contributed by atoms with E-state index in [1.807, 2.05) is 0 Å². The van der Waals surface area contributed by atoms with E-state index in [9.17, 15) is 0 Å². The predicted molar refractivity (Wildman–Crippen MR) is 74.6 cm³/mol. The number of hydrogen-bond donors (Lipinski definition) is 0. The Balaban J connectivity index is 2.12. The first kappa shape index (κ1) is 12.6. The maximum absolute atomic E-state index is 2.44. The van der Waals surface area contributed by atoms with Crippen LogP contribution in [-0.4, -0.2) is 25.5 Å². The van der Waals surface area contributed by atoms with E-state index in [0.717, 1.165) is 5.92 Å². The van der Waals surface area contributed by atoms with E-state index in [1.54, 1.807) is 11.1 Å². The minimum atomic E-state index is 0.653. The maximum atomic E-state index is 2.44. The molecule has 2 rings (SSSR count). The Bertz CT molecular complexity index is 379. The van der Waals surface area contributed by atoms with Crippen LogP contribution >= 0.6 is 0 Å². The molecule has 0 aliphatic heterocycles. The Hall–Kier alpha value is -0.820. The number of fused-ring (bicyclic) bond motifs is 1. The van der Waals surface area contributed by atoms with Crippen LogP contribution in [0, 0.1) is 5.92 Å². The zero-order valence-electron chi connectivity index (χ0n) is 11.7. The van der Waals surface area contributed by atoms with Gasteiger partial charge in [-0.3, -0.25) is 0 Å². The summed E-state index contributed by atoms with van der Waals surface area (Å²) in [7, 11) is 4.36. The molecular formula is C16H25N. The quantitative estimate of drug-likeness (QED) is 0.770. The van der Waals surface area contributed by atoms with Crippen molar-refractivity contribution in [2.75, 3.05) is 20.6 Å². The first-order chi connectivity index (χ1) is 8.06. The molecule has 0 radical (unpaired) electrons. The standard InChI is InChI=1S/C16H25N/c1-12(2)14-7-8-15-9-13(11-17(3)4)5-6-16(15)10-14/h7-8,10,12-13H,5-6,9,11H2,1-4H3. The van der Waals surface area contributed by atoms with E-state index in [2.05, 4.69) is 51.0 Å². The average molecular weight is 231 g/mol. The molecule has 1 aliphatic carbocycles. The highest BCUT2D eigenvalue weighted by Crippen LogP contribution is 2.28. The number of nitrogens with zero attached hydrogens (tertiary/aromatic N) is 1. The number of hydrogen-bond acceptors (Lipinski definition) is 1. The van der Waals surface area contributed by atoms with Gasteiger partial charge >= 0.3 is 0 Å². The highest BCUT2D eigenvalue weighted by molar-refractivity contribution is 5.35. The van der Waals surface area contributed by atoms with Crippen molar-refractivity contribution < 1.29 is 0 Å². The van der Waals surface area contributed by atoms with Gasteiger partial charge in [-0.1, -0.05) is 32.0 Å². The van der Waals surface area contributed by atoms with Crippen molar-refractivity contribution in [3.63, 3.8) is 0 Å². The second-order valence-corrected chi connectivity index (χ2v) is 6.05. The van der Waals surface area contributed by atoms with Gasteiger partial charge in [-0.2, -0.15) is 0 Å². The van der Waals surface area contributed by atoms with Crippen LogP contribution in [0.4, 0.5) is 0 Å². The van der Waals surface area contributed by atoms with E-state index in [0.29, 0.717) is 5.92 Å². The van der Waals surface area contributed by atoms with E-state index >= 15 is 0 Å². The third-order valence-corrected chi connectivity index (χ3v) is 3.85. The van der Waals surface area contributed by atoms with Gasteiger partial charge in [0.15, 0.2) is 0 Å². The highest BCUT2D eigenvalue weighted by atomic mass is 15.1. The molecule has 1 atom stereocenters. The first-order valence-electron chi connectivity index (χ1n) is 6.82. The Morgan fingerprint density at radius 2 is 2.00 bits per heavy atom. The van der Waals surface area contributed by atoms with E-state index < -0.39 is 0 Å². The molecule has 1 heteroatoms. The van der Waals surface area contributed by atoms with Crippen molar-refractivity contribution >= 4 is 0 Å². The summed E-state index contributed by atoms with van der Waals surface area (Å²) in [4.78, 5) is 2.32. The summed E-state index contributed by atoms with van der Waals surface area (Å²) in [6, 6.07) is 7.12. The lowest BCUT2D eigenvalue weighted by Crippen LogP contribution is -2.26.